The van der Waals surface area contributed by atoms with Crippen LogP contribution in [0.3, 0.4) is 0 Å². The largest absolute Gasteiger partial charge is 0.507 e. The van der Waals surface area contributed by atoms with Crippen molar-refractivity contribution in [1.82, 2.24) is 25.1 Å². The number of nitrogens with one attached hydrogen (secondary N) is 1. The molecule has 156 valence electrons. The van der Waals surface area contributed by atoms with E-state index in [2.05, 4.69) is 20.5 Å². The Morgan fingerprint density at radius 1 is 1.27 bits per heavy atom. The monoisotopic (exact) mass is 408 g/mol. The van der Waals surface area contributed by atoms with E-state index < -0.39 is 11.7 Å². The van der Waals surface area contributed by atoms with Crippen LogP contribution in [0.5, 0.6) is 5.75 Å². The number of phenolic OH excluding ortho intramolecular Hbond substituents is 1. The van der Waals surface area contributed by atoms with Gasteiger partial charge in [0.25, 0.3) is 0 Å². The number of rotatable bonds is 4. The molecule has 7 nitrogen and oxygen atoms in total. The summed E-state index contributed by atoms with van der Waals surface area (Å²) in [4.78, 5) is 5.94. The highest BCUT2D eigenvalue weighted by molar-refractivity contribution is 5.69. The Morgan fingerprint density at radius 3 is 2.77 bits per heavy atom. The Hall–Kier alpha value is -3.00. The first-order valence-electron chi connectivity index (χ1n) is 10.2. The molecule has 3 fully saturated rings. The van der Waals surface area contributed by atoms with Gasteiger partial charge in [-0.15, -0.1) is 10.2 Å². The average Bonchev–Trinajstić information content (AvgIpc) is 3.30. The van der Waals surface area contributed by atoms with Gasteiger partial charge in [0, 0.05) is 43.2 Å². The summed E-state index contributed by atoms with van der Waals surface area (Å²) < 4.78 is 17.0. The second kappa shape index (κ2) is 7.05. The van der Waals surface area contributed by atoms with Gasteiger partial charge in [-0.05, 0) is 49.9 Å². The van der Waals surface area contributed by atoms with Gasteiger partial charge >= 0.3 is 0 Å². The predicted molar refractivity (Wildman–Crippen MR) is 112 cm³/mol. The molecule has 30 heavy (non-hydrogen) atoms. The topological polar surface area (TPSA) is 79.1 Å². The summed E-state index contributed by atoms with van der Waals surface area (Å²) in [6.07, 6.45) is 6.08. The van der Waals surface area contributed by atoms with E-state index in [9.17, 15) is 5.11 Å². The van der Waals surface area contributed by atoms with E-state index in [1.807, 2.05) is 53.9 Å². The molecular formula is C22H25FN6O. The van der Waals surface area contributed by atoms with Crippen LogP contribution in [0.4, 0.5) is 10.2 Å². The number of piperidine rings is 2. The number of aromatic hydroxyl groups is 1. The molecule has 3 aromatic rings. The number of phenols is 1. The zero-order chi connectivity index (χ0) is 20.9. The maximum Gasteiger partial charge on any atom is 0.151 e. The lowest BCUT2D eigenvalue weighted by molar-refractivity contribution is 0.0102. The van der Waals surface area contributed by atoms with E-state index in [0.29, 0.717) is 17.1 Å². The third-order valence-electron chi connectivity index (χ3n) is 6.71. The summed E-state index contributed by atoms with van der Waals surface area (Å²) in [7, 11) is 1.89. The fourth-order valence-corrected chi connectivity index (χ4v) is 4.81. The molecule has 2 aliphatic heterocycles. The van der Waals surface area contributed by atoms with Crippen LogP contribution < -0.4 is 10.2 Å². The minimum Gasteiger partial charge on any atom is -0.507 e. The minimum absolute atomic E-state index is 0.115. The number of aromatic nitrogens is 4. The Kier molecular flexibility index (Phi) is 4.47. The average molecular weight is 408 g/mol. The number of benzene rings is 1. The first-order valence-corrected chi connectivity index (χ1v) is 10.2. The molecule has 0 spiro atoms. The van der Waals surface area contributed by atoms with Crippen molar-refractivity contribution >= 4 is 5.82 Å². The first kappa shape index (κ1) is 19.0. The van der Waals surface area contributed by atoms with Gasteiger partial charge in [-0.3, -0.25) is 0 Å². The Balaban J connectivity index is 1.38. The maximum absolute atomic E-state index is 15.2. The van der Waals surface area contributed by atoms with E-state index in [1.165, 1.54) is 0 Å². The molecule has 3 aliphatic rings. The minimum atomic E-state index is -0.962. The predicted octanol–water partition coefficient (Wildman–Crippen LogP) is 2.95. The molecule has 8 heteroatoms. The van der Waals surface area contributed by atoms with Crippen molar-refractivity contribution in [3.8, 4) is 22.7 Å². The fraction of sp³-hybridized carbons (Fsp3) is 0.409. The van der Waals surface area contributed by atoms with Crippen molar-refractivity contribution in [2.45, 2.75) is 37.5 Å². The molecule has 4 atom stereocenters. The Labute approximate surface area is 174 Å². The number of hydrogen-bond donors (Lipinski definition) is 2. The van der Waals surface area contributed by atoms with Gasteiger partial charge in [-0.1, -0.05) is 0 Å². The third-order valence-corrected chi connectivity index (χ3v) is 6.71. The summed E-state index contributed by atoms with van der Waals surface area (Å²) in [5.41, 5.74) is 1.50. The summed E-state index contributed by atoms with van der Waals surface area (Å²) in [6.45, 7) is 2.80. The van der Waals surface area contributed by atoms with Crippen LogP contribution in [0.2, 0.25) is 0 Å². The number of alkyl halides is 1. The van der Waals surface area contributed by atoms with Crippen molar-refractivity contribution in [3.63, 3.8) is 0 Å². The van der Waals surface area contributed by atoms with Crippen LogP contribution in [-0.4, -0.2) is 56.2 Å². The van der Waals surface area contributed by atoms with E-state index >= 15 is 4.39 Å². The second-order valence-electron chi connectivity index (χ2n) is 8.55. The Bertz CT molecular complexity index is 1030. The van der Waals surface area contributed by atoms with Crippen LogP contribution >= 0.6 is 0 Å². The van der Waals surface area contributed by atoms with Crippen molar-refractivity contribution in [1.29, 1.82) is 0 Å². The van der Waals surface area contributed by atoms with Gasteiger partial charge < -0.3 is 19.9 Å². The van der Waals surface area contributed by atoms with Gasteiger partial charge in [-0.25, -0.2) is 9.37 Å². The van der Waals surface area contributed by atoms with Crippen molar-refractivity contribution in [3.05, 3.63) is 49.1 Å². The smallest absolute Gasteiger partial charge is 0.151 e. The summed E-state index contributed by atoms with van der Waals surface area (Å²) >= 11 is 0. The first-order chi connectivity index (χ1) is 14.5. The number of nitrogens with zero attached hydrogens (tertiary/aromatic N) is 5. The maximum atomic E-state index is 15.2. The van der Waals surface area contributed by atoms with E-state index in [4.69, 9.17) is 0 Å². The number of anilines is 1. The highest BCUT2D eigenvalue weighted by atomic mass is 19.1. The Morgan fingerprint density at radius 2 is 2.13 bits per heavy atom. The van der Waals surface area contributed by atoms with E-state index in [0.717, 1.165) is 25.1 Å². The van der Waals surface area contributed by atoms with Gasteiger partial charge in [0.1, 0.15) is 11.9 Å². The van der Waals surface area contributed by atoms with Crippen molar-refractivity contribution in [2.75, 3.05) is 18.5 Å². The molecule has 1 aromatic carbocycles. The fourth-order valence-electron chi connectivity index (χ4n) is 4.81. The highest BCUT2D eigenvalue weighted by Gasteiger charge is 2.53. The summed E-state index contributed by atoms with van der Waals surface area (Å²) in [6, 6.07) is 8.81. The van der Waals surface area contributed by atoms with Crippen molar-refractivity contribution < 1.29 is 9.50 Å². The van der Waals surface area contributed by atoms with Crippen LogP contribution in [-0.2, 0) is 0 Å². The lowest BCUT2D eigenvalue weighted by Gasteiger charge is -2.54. The zero-order valence-electron chi connectivity index (χ0n) is 17.0. The molecule has 6 rings (SSSR count). The normalized spacial score (nSPS) is 27.9. The number of hydrogen-bond acceptors (Lipinski definition) is 6. The summed E-state index contributed by atoms with van der Waals surface area (Å²) in [5, 5.41) is 22.5. The molecular weight excluding hydrogens is 383 g/mol. The molecule has 0 radical (unpaired) electrons. The highest BCUT2D eigenvalue weighted by Crippen LogP contribution is 2.42. The molecule has 2 aromatic heterocycles. The van der Waals surface area contributed by atoms with Crippen LogP contribution in [0.15, 0.2) is 49.1 Å². The van der Waals surface area contributed by atoms with Gasteiger partial charge in [0.15, 0.2) is 5.82 Å². The zero-order valence-corrected chi connectivity index (χ0v) is 17.0. The third kappa shape index (κ3) is 3.02. The van der Waals surface area contributed by atoms with Gasteiger partial charge in [-0.2, -0.15) is 0 Å². The SMILES string of the molecule is CN(c1ccc(-c2ccc(-n3ccnc3)cc2O)nn1)[C@H]1C2CC[C@](C)(NC2)[C@H]1F. The number of imidazole rings is 1. The van der Waals surface area contributed by atoms with E-state index in [-0.39, 0.29) is 17.7 Å². The van der Waals surface area contributed by atoms with E-state index in [1.54, 1.807) is 18.6 Å². The second-order valence-corrected chi connectivity index (χ2v) is 8.55. The van der Waals surface area contributed by atoms with Crippen LogP contribution in [0, 0.1) is 5.92 Å². The molecule has 1 aliphatic carbocycles. The van der Waals surface area contributed by atoms with Gasteiger partial charge in [0.05, 0.1) is 23.8 Å². The molecule has 1 unspecified atom stereocenters. The number of halogens is 1. The quantitative estimate of drug-likeness (QED) is 0.691. The standard InChI is InChI=1S/C22H25FN6O/c1-22-8-7-14(12-25-22)20(21(22)23)28(2)19-6-5-17(26-27-19)16-4-3-15(11-18(16)30)29-10-9-24-13-29/h3-6,9-11,13-14,20-21,25,30H,7-8,12H2,1-2H3/t14?,20-,21-,22-/m0/s1. The van der Waals surface area contributed by atoms with Crippen LogP contribution in [0.1, 0.15) is 19.8 Å². The lowest BCUT2D eigenvalue weighted by Crippen LogP contribution is -2.70. The van der Waals surface area contributed by atoms with Gasteiger partial charge in [0.2, 0.25) is 0 Å². The molecule has 1 saturated carbocycles. The molecule has 2 bridgehead atoms. The summed E-state index contributed by atoms with van der Waals surface area (Å²) in [5.74, 6) is 1.01. The lowest BCUT2D eigenvalue weighted by atomic mass is 9.68. The molecule has 2 N–H and O–H groups in total. The molecule has 2 saturated heterocycles. The van der Waals surface area contributed by atoms with Crippen LogP contribution in [0.25, 0.3) is 16.9 Å². The van der Waals surface area contributed by atoms with Crippen molar-refractivity contribution in [2.24, 2.45) is 5.92 Å². The molecule has 0 amide bonds. The molecule has 4 heterocycles. The number of fused-ring (bicyclic) bond motifs is 3.